The van der Waals surface area contributed by atoms with Gasteiger partial charge in [-0.25, -0.2) is 0 Å². The average Bonchev–Trinajstić information content (AvgIpc) is 2.72. The SMILES string of the molecule is C=CCCNCCCCCO[C@H]1CC[C@H](N(C)C(=O)c2ccc(Br)cc2)CC1. The van der Waals surface area contributed by atoms with Crippen LogP contribution in [0, 0.1) is 0 Å². The smallest absolute Gasteiger partial charge is 0.253 e. The molecule has 0 aliphatic heterocycles. The molecule has 1 aliphatic carbocycles. The molecule has 0 spiro atoms. The Labute approximate surface area is 178 Å². The first-order chi connectivity index (χ1) is 13.6. The summed E-state index contributed by atoms with van der Waals surface area (Å²) >= 11 is 3.42. The molecular weight excluding hydrogens is 416 g/mol. The zero-order valence-corrected chi connectivity index (χ0v) is 18.8. The zero-order chi connectivity index (χ0) is 20.2. The third-order valence-electron chi connectivity index (χ3n) is 5.48. The van der Waals surface area contributed by atoms with E-state index >= 15 is 0 Å². The lowest BCUT2D eigenvalue weighted by Gasteiger charge is -2.34. The van der Waals surface area contributed by atoms with Gasteiger partial charge in [-0.3, -0.25) is 4.79 Å². The fraction of sp³-hybridized carbons (Fsp3) is 0.609. The lowest BCUT2D eigenvalue weighted by Crippen LogP contribution is -2.40. The average molecular weight is 451 g/mol. The van der Waals surface area contributed by atoms with Crippen LogP contribution >= 0.6 is 15.9 Å². The van der Waals surface area contributed by atoms with E-state index < -0.39 is 0 Å². The van der Waals surface area contributed by atoms with Gasteiger partial charge in [0.1, 0.15) is 0 Å². The number of nitrogens with one attached hydrogen (secondary N) is 1. The predicted molar refractivity (Wildman–Crippen MR) is 120 cm³/mol. The minimum atomic E-state index is 0.110. The Hall–Kier alpha value is -1.17. The van der Waals surface area contributed by atoms with Crippen molar-refractivity contribution in [2.24, 2.45) is 0 Å². The van der Waals surface area contributed by atoms with Gasteiger partial charge in [-0.1, -0.05) is 22.0 Å². The van der Waals surface area contributed by atoms with Crippen molar-refractivity contribution in [3.05, 3.63) is 47.0 Å². The highest BCUT2D eigenvalue weighted by Crippen LogP contribution is 2.26. The zero-order valence-electron chi connectivity index (χ0n) is 17.2. The molecule has 1 saturated carbocycles. The van der Waals surface area contributed by atoms with Gasteiger partial charge in [-0.05, 0) is 88.7 Å². The number of halogens is 1. The molecule has 1 aromatic rings. The van der Waals surface area contributed by atoms with E-state index in [9.17, 15) is 4.79 Å². The molecule has 28 heavy (non-hydrogen) atoms. The second-order valence-corrected chi connectivity index (χ2v) is 8.53. The third kappa shape index (κ3) is 8.06. The van der Waals surface area contributed by atoms with Gasteiger partial charge in [0.2, 0.25) is 0 Å². The monoisotopic (exact) mass is 450 g/mol. The Kier molecular flexibility index (Phi) is 10.8. The molecule has 0 unspecified atom stereocenters. The second-order valence-electron chi connectivity index (χ2n) is 7.61. The molecule has 0 radical (unpaired) electrons. The van der Waals surface area contributed by atoms with Gasteiger partial charge < -0.3 is 15.0 Å². The van der Waals surface area contributed by atoms with Crippen molar-refractivity contribution in [3.8, 4) is 0 Å². The number of hydrogen-bond acceptors (Lipinski definition) is 3. The van der Waals surface area contributed by atoms with Crippen LogP contribution in [-0.4, -0.2) is 49.7 Å². The molecule has 4 nitrogen and oxygen atoms in total. The maximum absolute atomic E-state index is 12.7. The molecule has 1 fully saturated rings. The molecule has 1 N–H and O–H groups in total. The summed E-state index contributed by atoms with van der Waals surface area (Å²) in [5.41, 5.74) is 0.753. The lowest BCUT2D eigenvalue weighted by molar-refractivity contribution is 0.00915. The van der Waals surface area contributed by atoms with Crippen LogP contribution < -0.4 is 5.32 Å². The number of carbonyl (C=O) groups excluding carboxylic acids is 1. The van der Waals surface area contributed by atoms with E-state index in [4.69, 9.17) is 4.74 Å². The Morgan fingerprint density at radius 2 is 1.89 bits per heavy atom. The van der Waals surface area contributed by atoms with E-state index in [0.29, 0.717) is 12.1 Å². The molecule has 5 heteroatoms. The topological polar surface area (TPSA) is 41.6 Å². The first-order valence-electron chi connectivity index (χ1n) is 10.6. The molecule has 0 atom stereocenters. The standard InChI is InChI=1S/C23H35BrN2O2/c1-3-4-16-25-17-6-5-7-18-28-22-14-12-21(13-15-22)26(2)23(27)19-8-10-20(24)11-9-19/h3,8-11,21-22,25H,1,4-7,12-18H2,2H3/t21-,22-. The van der Waals surface area contributed by atoms with Gasteiger partial charge in [0, 0.05) is 29.7 Å². The van der Waals surface area contributed by atoms with Crippen LogP contribution in [0.3, 0.4) is 0 Å². The number of carbonyl (C=O) groups is 1. The van der Waals surface area contributed by atoms with Crippen molar-refractivity contribution in [2.75, 3.05) is 26.7 Å². The van der Waals surface area contributed by atoms with Gasteiger partial charge >= 0.3 is 0 Å². The number of benzene rings is 1. The molecule has 1 aromatic carbocycles. The lowest BCUT2D eigenvalue weighted by atomic mass is 9.91. The van der Waals surface area contributed by atoms with Crippen LogP contribution in [0.25, 0.3) is 0 Å². The molecular formula is C23H35BrN2O2. The third-order valence-corrected chi connectivity index (χ3v) is 6.01. The first kappa shape index (κ1) is 23.1. The Balaban J connectivity index is 1.57. The predicted octanol–water partition coefficient (Wildman–Crippen LogP) is 5.18. The fourth-order valence-electron chi connectivity index (χ4n) is 3.67. The summed E-state index contributed by atoms with van der Waals surface area (Å²) in [6.07, 6.45) is 11.0. The van der Waals surface area contributed by atoms with Crippen LogP contribution in [0.5, 0.6) is 0 Å². The highest BCUT2D eigenvalue weighted by atomic mass is 79.9. The van der Waals surface area contributed by atoms with Crippen molar-refractivity contribution in [1.29, 1.82) is 0 Å². The summed E-state index contributed by atoms with van der Waals surface area (Å²) in [5, 5.41) is 3.42. The highest BCUT2D eigenvalue weighted by Gasteiger charge is 2.27. The maximum Gasteiger partial charge on any atom is 0.253 e. The van der Waals surface area contributed by atoms with Crippen LogP contribution in [0.1, 0.15) is 61.7 Å². The van der Waals surface area contributed by atoms with Crippen molar-refractivity contribution in [1.82, 2.24) is 10.2 Å². The van der Waals surface area contributed by atoms with Crippen molar-refractivity contribution < 1.29 is 9.53 Å². The second kappa shape index (κ2) is 13.1. The van der Waals surface area contributed by atoms with Gasteiger partial charge in [-0.2, -0.15) is 0 Å². The summed E-state index contributed by atoms with van der Waals surface area (Å²) in [6.45, 7) is 6.69. The fourth-order valence-corrected chi connectivity index (χ4v) is 3.93. The maximum atomic E-state index is 12.7. The van der Waals surface area contributed by atoms with Crippen molar-refractivity contribution >= 4 is 21.8 Å². The van der Waals surface area contributed by atoms with Gasteiger partial charge in [-0.15, -0.1) is 6.58 Å². The summed E-state index contributed by atoms with van der Waals surface area (Å²) in [4.78, 5) is 14.6. The summed E-state index contributed by atoms with van der Waals surface area (Å²) in [6, 6.07) is 7.92. The van der Waals surface area contributed by atoms with E-state index in [0.717, 1.165) is 68.3 Å². The molecule has 1 amide bonds. The molecule has 0 bridgehead atoms. The van der Waals surface area contributed by atoms with Gasteiger partial charge in [0.25, 0.3) is 5.91 Å². The Bertz CT molecular complexity index is 583. The van der Waals surface area contributed by atoms with Crippen LogP contribution in [-0.2, 0) is 4.74 Å². The minimum Gasteiger partial charge on any atom is -0.378 e. The molecule has 2 rings (SSSR count). The van der Waals surface area contributed by atoms with Gasteiger partial charge in [0.15, 0.2) is 0 Å². The van der Waals surface area contributed by atoms with E-state index in [1.165, 1.54) is 12.8 Å². The molecule has 1 aliphatic rings. The number of hydrogen-bond donors (Lipinski definition) is 1. The van der Waals surface area contributed by atoms with Gasteiger partial charge in [0.05, 0.1) is 6.10 Å². The van der Waals surface area contributed by atoms with Crippen LogP contribution in [0.4, 0.5) is 0 Å². The van der Waals surface area contributed by atoms with E-state index in [1.54, 1.807) is 0 Å². The number of nitrogens with zero attached hydrogens (tertiary/aromatic N) is 1. The number of rotatable bonds is 12. The van der Waals surface area contributed by atoms with Crippen LogP contribution in [0.2, 0.25) is 0 Å². The largest absolute Gasteiger partial charge is 0.378 e. The Morgan fingerprint density at radius 1 is 1.18 bits per heavy atom. The summed E-state index contributed by atoms with van der Waals surface area (Å²) in [5.74, 6) is 0.110. The normalized spacial score (nSPS) is 19.4. The summed E-state index contributed by atoms with van der Waals surface area (Å²) in [7, 11) is 1.93. The number of ether oxygens (including phenoxy) is 1. The number of amides is 1. The van der Waals surface area contributed by atoms with E-state index in [1.807, 2.05) is 42.3 Å². The van der Waals surface area contributed by atoms with E-state index in [-0.39, 0.29) is 5.91 Å². The summed E-state index contributed by atoms with van der Waals surface area (Å²) < 4.78 is 7.07. The minimum absolute atomic E-state index is 0.110. The molecule has 0 heterocycles. The molecule has 156 valence electrons. The molecule has 0 saturated heterocycles. The molecule has 0 aromatic heterocycles. The first-order valence-corrected chi connectivity index (χ1v) is 11.4. The number of unbranched alkanes of at least 4 members (excludes halogenated alkanes) is 2. The highest BCUT2D eigenvalue weighted by molar-refractivity contribution is 9.10. The van der Waals surface area contributed by atoms with E-state index in [2.05, 4.69) is 27.8 Å². The quantitative estimate of drug-likeness (QED) is 0.352. The van der Waals surface area contributed by atoms with Crippen molar-refractivity contribution in [3.63, 3.8) is 0 Å². The van der Waals surface area contributed by atoms with Crippen LogP contribution in [0.15, 0.2) is 41.4 Å². The van der Waals surface area contributed by atoms with Crippen molar-refractivity contribution in [2.45, 2.75) is 63.5 Å². The Morgan fingerprint density at radius 3 is 2.57 bits per heavy atom.